The Hall–Kier alpha value is -2.11. The zero-order chi connectivity index (χ0) is 15.2. The van der Waals surface area contributed by atoms with Crippen molar-refractivity contribution in [2.45, 2.75) is 13.5 Å². The second-order valence-corrected chi connectivity index (χ2v) is 4.81. The molecule has 0 unspecified atom stereocenters. The first-order valence-corrected chi connectivity index (χ1v) is 6.89. The van der Waals surface area contributed by atoms with Crippen molar-refractivity contribution in [3.8, 4) is 11.5 Å². The van der Waals surface area contributed by atoms with Crippen molar-refractivity contribution in [3.05, 3.63) is 63.2 Å². The third-order valence-electron chi connectivity index (χ3n) is 2.83. The fraction of sp³-hybridized carbons (Fsp3) is 0.200. The van der Waals surface area contributed by atoms with Crippen molar-refractivity contribution in [2.75, 3.05) is 6.54 Å². The lowest BCUT2D eigenvalue weighted by Crippen LogP contribution is -2.11. The van der Waals surface area contributed by atoms with Crippen molar-refractivity contribution < 1.29 is 9.66 Å². The zero-order valence-corrected chi connectivity index (χ0v) is 12.3. The number of nitro groups is 1. The number of nitrogens with zero attached hydrogens (tertiary/aromatic N) is 1. The van der Waals surface area contributed by atoms with E-state index in [1.54, 1.807) is 18.2 Å². The lowest BCUT2D eigenvalue weighted by molar-refractivity contribution is -0.384. The van der Waals surface area contributed by atoms with E-state index in [4.69, 9.17) is 16.3 Å². The second-order valence-electron chi connectivity index (χ2n) is 4.40. The predicted octanol–water partition coefficient (Wildman–Crippen LogP) is 4.15. The molecule has 21 heavy (non-hydrogen) atoms. The Morgan fingerprint density at radius 1 is 1.29 bits per heavy atom. The molecule has 0 heterocycles. The summed E-state index contributed by atoms with van der Waals surface area (Å²) in [4.78, 5) is 10.3. The van der Waals surface area contributed by atoms with E-state index in [1.165, 1.54) is 12.1 Å². The Bertz CT molecular complexity index is 647. The van der Waals surface area contributed by atoms with Crippen molar-refractivity contribution in [3.63, 3.8) is 0 Å². The summed E-state index contributed by atoms with van der Waals surface area (Å²) < 4.78 is 5.60. The number of nitro benzene ring substituents is 1. The zero-order valence-electron chi connectivity index (χ0n) is 11.5. The average Bonchev–Trinajstić information content (AvgIpc) is 2.48. The molecule has 0 amide bonds. The molecule has 0 aliphatic carbocycles. The van der Waals surface area contributed by atoms with Crippen LogP contribution in [0.5, 0.6) is 11.5 Å². The van der Waals surface area contributed by atoms with Crippen LogP contribution in [0.2, 0.25) is 5.02 Å². The smallest absolute Gasteiger partial charge is 0.273 e. The highest BCUT2D eigenvalue weighted by molar-refractivity contribution is 6.32. The molecule has 2 rings (SSSR count). The van der Waals surface area contributed by atoms with Crippen LogP contribution in [0, 0.1) is 10.1 Å². The Labute approximate surface area is 127 Å². The van der Waals surface area contributed by atoms with E-state index in [-0.39, 0.29) is 5.69 Å². The van der Waals surface area contributed by atoms with E-state index >= 15 is 0 Å². The highest BCUT2D eigenvalue weighted by Gasteiger charge is 2.09. The van der Waals surface area contributed by atoms with Crippen molar-refractivity contribution in [1.29, 1.82) is 0 Å². The Balaban J connectivity index is 2.16. The van der Waals surface area contributed by atoms with Gasteiger partial charge >= 0.3 is 0 Å². The third kappa shape index (κ3) is 4.18. The quantitative estimate of drug-likeness (QED) is 0.643. The maximum absolute atomic E-state index is 10.7. The summed E-state index contributed by atoms with van der Waals surface area (Å²) in [6.45, 7) is 3.64. The van der Waals surface area contributed by atoms with Gasteiger partial charge in [-0.1, -0.05) is 30.7 Å². The molecule has 110 valence electrons. The third-order valence-corrected chi connectivity index (χ3v) is 3.13. The number of benzene rings is 2. The molecule has 0 fully saturated rings. The lowest BCUT2D eigenvalue weighted by atomic mass is 10.2. The average molecular weight is 307 g/mol. The van der Waals surface area contributed by atoms with Gasteiger partial charge in [-0.25, -0.2) is 0 Å². The largest absolute Gasteiger partial charge is 0.456 e. The summed E-state index contributed by atoms with van der Waals surface area (Å²) in [6, 6.07) is 11.5. The molecule has 0 saturated heterocycles. The fourth-order valence-corrected chi connectivity index (χ4v) is 2.04. The molecular weight excluding hydrogens is 292 g/mol. The summed E-state index contributed by atoms with van der Waals surface area (Å²) in [5, 5.41) is 14.4. The SMILES string of the molecule is CCNCc1ccc(Oc2cccc([N+](=O)[O-])c2)c(Cl)c1. The van der Waals surface area contributed by atoms with Gasteiger partial charge in [-0.05, 0) is 30.3 Å². The first-order valence-electron chi connectivity index (χ1n) is 6.51. The Morgan fingerprint density at radius 3 is 2.76 bits per heavy atom. The number of nitrogens with one attached hydrogen (secondary N) is 1. The molecule has 2 aromatic carbocycles. The van der Waals surface area contributed by atoms with Gasteiger partial charge in [-0.15, -0.1) is 0 Å². The molecule has 0 saturated carbocycles. The summed E-state index contributed by atoms with van der Waals surface area (Å²) in [5.41, 5.74) is 1.03. The van der Waals surface area contributed by atoms with Crippen LogP contribution in [0.25, 0.3) is 0 Å². The minimum absolute atomic E-state index is 0.0209. The Kier molecular flexibility index (Phi) is 5.14. The Morgan fingerprint density at radius 2 is 2.10 bits per heavy atom. The normalized spacial score (nSPS) is 10.4. The predicted molar refractivity (Wildman–Crippen MR) is 82.0 cm³/mol. The molecule has 1 N–H and O–H groups in total. The van der Waals surface area contributed by atoms with Gasteiger partial charge in [0.05, 0.1) is 16.0 Å². The van der Waals surface area contributed by atoms with Gasteiger partial charge in [0.2, 0.25) is 0 Å². The molecule has 0 radical (unpaired) electrons. The van der Waals surface area contributed by atoms with E-state index in [2.05, 4.69) is 5.32 Å². The number of rotatable bonds is 6. The molecule has 0 aromatic heterocycles. The summed E-state index contributed by atoms with van der Waals surface area (Å²) in [5.74, 6) is 0.850. The fourth-order valence-electron chi connectivity index (χ4n) is 1.79. The highest BCUT2D eigenvalue weighted by atomic mass is 35.5. The number of halogens is 1. The summed E-state index contributed by atoms with van der Waals surface area (Å²) in [6.07, 6.45) is 0. The van der Waals surface area contributed by atoms with Crippen molar-refractivity contribution in [1.82, 2.24) is 5.32 Å². The van der Waals surface area contributed by atoms with Crippen LogP contribution >= 0.6 is 11.6 Å². The highest BCUT2D eigenvalue weighted by Crippen LogP contribution is 2.31. The van der Waals surface area contributed by atoms with E-state index < -0.39 is 4.92 Å². The first kappa shape index (κ1) is 15.3. The first-order chi connectivity index (χ1) is 10.1. The molecule has 0 atom stereocenters. The summed E-state index contributed by atoms with van der Waals surface area (Å²) in [7, 11) is 0. The maximum atomic E-state index is 10.7. The maximum Gasteiger partial charge on any atom is 0.273 e. The monoisotopic (exact) mass is 306 g/mol. The van der Waals surface area contributed by atoms with Gasteiger partial charge in [0.1, 0.15) is 11.5 Å². The van der Waals surface area contributed by atoms with Crippen LogP contribution in [-0.2, 0) is 6.54 Å². The molecule has 0 aliphatic heterocycles. The minimum Gasteiger partial charge on any atom is -0.456 e. The van der Waals surface area contributed by atoms with E-state index in [1.807, 2.05) is 19.1 Å². The van der Waals surface area contributed by atoms with Crippen molar-refractivity contribution in [2.24, 2.45) is 0 Å². The molecule has 6 heteroatoms. The van der Waals surface area contributed by atoms with Gasteiger partial charge in [0, 0.05) is 12.6 Å². The second kappa shape index (κ2) is 7.06. The van der Waals surface area contributed by atoms with Gasteiger partial charge < -0.3 is 10.1 Å². The topological polar surface area (TPSA) is 64.4 Å². The minimum atomic E-state index is -0.464. The number of ether oxygens (including phenoxy) is 1. The van der Waals surface area contributed by atoms with Crippen LogP contribution in [0.4, 0.5) is 5.69 Å². The number of non-ortho nitro benzene ring substituents is 1. The molecule has 5 nitrogen and oxygen atoms in total. The van der Waals surface area contributed by atoms with E-state index in [0.717, 1.165) is 18.7 Å². The lowest BCUT2D eigenvalue weighted by Gasteiger charge is -2.09. The number of hydrogen-bond donors (Lipinski definition) is 1. The number of hydrogen-bond acceptors (Lipinski definition) is 4. The molecule has 0 bridgehead atoms. The van der Waals surface area contributed by atoms with Gasteiger partial charge in [0.15, 0.2) is 0 Å². The standard InChI is InChI=1S/C15H15ClN2O3/c1-2-17-10-11-6-7-15(14(16)8-11)21-13-5-3-4-12(9-13)18(19)20/h3-9,17H,2,10H2,1H3. The van der Waals surface area contributed by atoms with Gasteiger partial charge in [-0.2, -0.15) is 0 Å². The van der Waals surface area contributed by atoms with E-state index in [0.29, 0.717) is 16.5 Å². The molecule has 0 aliphatic rings. The van der Waals surface area contributed by atoms with Crippen LogP contribution in [0.1, 0.15) is 12.5 Å². The van der Waals surface area contributed by atoms with E-state index in [9.17, 15) is 10.1 Å². The molecular formula is C15H15ClN2O3. The van der Waals surface area contributed by atoms with Crippen LogP contribution in [0.15, 0.2) is 42.5 Å². The van der Waals surface area contributed by atoms with Gasteiger partial charge in [-0.3, -0.25) is 10.1 Å². The van der Waals surface area contributed by atoms with Crippen molar-refractivity contribution >= 4 is 17.3 Å². The van der Waals surface area contributed by atoms with Crippen LogP contribution < -0.4 is 10.1 Å². The molecule has 2 aromatic rings. The van der Waals surface area contributed by atoms with Crippen LogP contribution in [-0.4, -0.2) is 11.5 Å². The van der Waals surface area contributed by atoms with Gasteiger partial charge in [0.25, 0.3) is 5.69 Å². The van der Waals surface area contributed by atoms with Crippen LogP contribution in [0.3, 0.4) is 0 Å². The summed E-state index contributed by atoms with van der Waals surface area (Å²) >= 11 is 6.17. The molecule has 0 spiro atoms.